The van der Waals surface area contributed by atoms with Crippen LogP contribution >= 0.6 is 0 Å². The van der Waals surface area contributed by atoms with E-state index >= 15 is 0 Å². The minimum absolute atomic E-state index is 0.0727. The van der Waals surface area contributed by atoms with Gasteiger partial charge in [-0.3, -0.25) is 9.69 Å². The number of nitrogens with one attached hydrogen (secondary N) is 1. The van der Waals surface area contributed by atoms with E-state index < -0.39 is 0 Å². The molecule has 0 heterocycles. The third kappa shape index (κ3) is 4.46. The highest BCUT2D eigenvalue weighted by Gasteiger charge is 2.33. The summed E-state index contributed by atoms with van der Waals surface area (Å²) in [6, 6.07) is 0.658. The molecule has 0 aromatic carbocycles. The van der Waals surface area contributed by atoms with Crippen molar-refractivity contribution in [1.29, 1.82) is 0 Å². The lowest BCUT2D eigenvalue weighted by atomic mass is 10.0. The summed E-state index contributed by atoms with van der Waals surface area (Å²) in [5.41, 5.74) is 5.83. The zero-order chi connectivity index (χ0) is 14.4. The molecule has 0 spiro atoms. The Morgan fingerprint density at radius 1 is 1.42 bits per heavy atom. The third-order valence-electron chi connectivity index (χ3n) is 4.55. The van der Waals surface area contributed by atoms with Gasteiger partial charge in [0, 0.05) is 12.1 Å². The lowest BCUT2D eigenvalue weighted by Crippen LogP contribution is -2.51. The second-order valence-corrected chi connectivity index (χ2v) is 6.03. The fourth-order valence-corrected chi connectivity index (χ4v) is 3.17. The maximum absolute atomic E-state index is 12.2. The Bertz CT molecular complexity index is 283. The largest absolute Gasteiger partial charge is 0.352 e. The SMILES string of the molecule is CCCC(C)NC(=O)C(C)N(C)C1CCCC1CN. The van der Waals surface area contributed by atoms with Crippen molar-refractivity contribution in [3.8, 4) is 0 Å². The predicted octanol–water partition coefficient (Wildman–Crippen LogP) is 1.74. The summed E-state index contributed by atoms with van der Waals surface area (Å²) in [5.74, 6) is 0.694. The molecule has 19 heavy (non-hydrogen) atoms. The van der Waals surface area contributed by atoms with E-state index in [1.165, 1.54) is 19.3 Å². The van der Waals surface area contributed by atoms with Gasteiger partial charge >= 0.3 is 0 Å². The normalized spacial score (nSPS) is 26.4. The highest BCUT2D eigenvalue weighted by Crippen LogP contribution is 2.29. The summed E-state index contributed by atoms with van der Waals surface area (Å²) in [5, 5.41) is 3.11. The molecule has 3 N–H and O–H groups in total. The van der Waals surface area contributed by atoms with E-state index in [4.69, 9.17) is 5.73 Å². The Morgan fingerprint density at radius 3 is 2.68 bits per heavy atom. The smallest absolute Gasteiger partial charge is 0.237 e. The van der Waals surface area contributed by atoms with E-state index in [9.17, 15) is 4.79 Å². The minimum atomic E-state index is -0.0727. The van der Waals surface area contributed by atoms with Gasteiger partial charge in [-0.05, 0) is 52.6 Å². The van der Waals surface area contributed by atoms with Gasteiger partial charge in [-0.1, -0.05) is 19.8 Å². The number of likely N-dealkylation sites (N-methyl/N-ethyl adjacent to an activating group) is 1. The molecule has 1 aliphatic rings. The van der Waals surface area contributed by atoms with Crippen LogP contribution in [0.25, 0.3) is 0 Å². The molecule has 0 aliphatic heterocycles. The molecule has 0 aromatic heterocycles. The maximum Gasteiger partial charge on any atom is 0.237 e. The lowest BCUT2D eigenvalue weighted by molar-refractivity contribution is -0.127. The van der Waals surface area contributed by atoms with E-state index in [1.54, 1.807) is 0 Å². The molecule has 0 radical (unpaired) electrons. The minimum Gasteiger partial charge on any atom is -0.352 e. The van der Waals surface area contributed by atoms with Crippen molar-refractivity contribution in [3.05, 3.63) is 0 Å². The van der Waals surface area contributed by atoms with Crippen LogP contribution in [-0.2, 0) is 4.79 Å². The first-order valence-electron chi connectivity index (χ1n) is 7.73. The van der Waals surface area contributed by atoms with Crippen LogP contribution in [0.5, 0.6) is 0 Å². The Kier molecular flexibility index (Phi) is 6.80. The quantitative estimate of drug-likeness (QED) is 0.740. The topological polar surface area (TPSA) is 58.4 Å². The summed E-state index contributed by atoms with van der Waals surface area (Å²) in [6.45, 7) is 6.95. The standard InChI is InChI=1S/C15H31N3O/c1-5-7-11(2)17-15(19)12(3)18(4)14-9-6-8-13(14)10-16/h11-14H,5-10,16H2,1-4H3,(H,17,19). The second-order valence-electron chi connectivity index (χ2n) is 6.03. The number of carbonyl (C=O) groups is 1. The van der Waals surface area contributed by atoms with Gasteiger partial charge in [-0.25, -0.2) is 0 Å². The molecule has 4 atom stereocenters. The molecular weight excluding hydrogens is 238 g/mol. The molecule has 0 bridgehead atoms. The number of hydrogen-bond acceptors (Lipinski definition) is 3. The number of rotatable bonds is 7. The van der Waals surface area contributed by atoms with Gasteiger partial charge < -0.3 is 11.1 Å². The van der Waals surface area contributed by atoms with Gasteiger partial charge in [0.15, 0.2) is 0 Å². The van der Waals surface area contributed by atoms with Crippen LogP contribution < -0.4 is 11.1 Å². The number of amides is 1. The van der Waals surface area contributed by atoms with E-state index in [1.807, 2.05) is 6.92 Å². The van der Waals surface area contributed by atoms with Gasteiger partial charge in [0.2, 0.25) is 5.91 Å². The molecule has 1 aliphatic carbocycles. The van der Waals surface area contributed by atoms with Gasteiger partial charge in [0.25, 0.3) is 0 Å². The number of nitrogens with zero attached hydrogens (tertiary/aromatic N) is 1. The average Bonchev–Trinajstić information content (AvgIpc) is 2.85. The summed E-state index contributed by atoms with van der Waals surface area (Å²) in [6.07, 6.45) is 5.74. The lowest BCUT2D eigenvalue weighted by Gasteiger charge is -2.33. The van der Waals surface area contributed by atoms with E-state index in [2.05, 4.69) is 31.1 Å². The van der Waals surface area contributed by atoms with Crippen molar-refractivity contribution in [1.82, 2.24) is 10.2 Å². The monoisotopic (exact) mass is 269 g/mol. The molecule has 0 saturated heterocycles. The highest BCUT2D eigenvalue weighted by molar-refractivity contribution is 5.81. The molecule has 1 rings (SSSR count). The predicted molar refractivity (Wildman–Crippen MR) is 79.9 cm³/mol. The van der Waals surface area contributed by atoms with Crippen LogP contribution in [0.3, 0.4) is 0 Å². The zero-order valence-electron chi connectivity index (χ0n) is 13.0. The van der Waals surface area contributed by atoms with Gasteiger partial charge in [-0.15, -0.1) is 0 Å². The van der Waals surface area contributed by atoms with Crippen molar-refractivity contribution in [2.75, 3.05) is 13.6 Å². The molecule has 4 unspecified atom stereocenters. The van der Waals surface area contributed by atoms with Crippen molar-refractivity contribution in [2.45, 2.75) is 71.0 Å². The van der Waals surface area contributed by atoms with Gasteiger partial charge in [0.1, 0.15) is 0 Å². The summed E-state index contributed by atoms with van der Waals surface area (Å²) in [7, 11) is 2.06. The zero-order valence-corrected chi connectivity index (χ0v) is 13.0. The van der Waals surface area contributed by atoms with E-state index in [0.29, 0.717) is 12.0 Å². The number of hydrogen-bond donors (Lipinski definition) is 2. The first kappa shape index (κ1) is 16.4. The summed E-state index contributed by atoms with van der Waals surface area (Å²) >= 11 is 0. The Hall–Kier alpha value is -0.610. The van der Waals surface area contributed by atoms with Gasteiger partial charge in [0.05, 0.1) is 6.04 Å². The first-order valence-corrected chi connectivity index (χ1v) is 7.73. The number of nitrogens with two attached hydrogens (primary N) is 1. The summed E-state index contributed by atoms with van der Waals surface area (Å²) in [4.78, 5) is 14.5. The Balaban J connectivity index is 2.51. The van der Waals surface area contributed by atoms with E-state index in [-0.39, 0.29) is 18.0 Å². The fraction of sp³-hybridized carbons (Fsp3) is 0.933. The second kappa shape index (κ2) is 7.85. The number of carbonyl (C=O) groups excluding carboxylic acids is 1. The Morgan fingerprint density at radius 2 is 2.11 bits per heavy atom. The van der Waals surface area contributed by atoms with Crippen molar-refractivity contribution in [2.24, 2.45) is 11.7 Å². The molecule has 1 fully saturated rings. The maximum atomic E-state index is 12.2. The molecule has 1 amide bonds. The third-order valence-corrected chi connectivity index (χ3v) is 4.55. The molecule has 0 aromatic rings. The molecule has 4 heteroatoms. The summed E-state index contributed by atoms with van der Waals surface area (Å²) < 4.78 is 0. The van der Waals surface area contributed by atoms with Crippen LogP contribution in [0.2, 0.25) is 0 Å². The molecule has 112 valence electrons. The molecule has 4 nitrogen and oxygen atoms in total. The van der Waals surface area contributed by atoms with Crippen molar-refractivity contribution in [3.63, 3.8) is 0 Å². The van der Waals surface area contributed by atoms with Crippen molar-refractivity contribution < 1.29 is 4.79 Å². The van der Waals surface area contributed by atoms with Crippen LogP contribution in [-0.4, -0.2) is 42.5 Å². The first-order chi connectivity index (χ1) is 9.01. The highest BCUT2D eigenvalue weighted by atomic mass is 16.2. The Labute approximate surface area is 118 Å². The van der Waals surface area contributed by atoms with E-state index in [0.717, 1.165) is 19.4 Å². The van der Waals surface area contributed by atoms with Crippen LogP contribution in [0.1, 0.15) is 52.9 Å². The molecule has 1 saturated carbocycles. The average molecular weight is 269 g/mol. The fourth-order valence-electron chi connectivity index (χ4n) is 3.17. The van der Waals surface area contributed by atoms with Crippen LogP contribution in [0.4, 0.5) is 0 Å². The van der Waals surface area contributed by atoms with Crippen LogP contribution in [0.15, 0.2) is 0 Å². The molecular formula is C15H31N3O. The van der Waals surface area contributed by atoms with Gasteiger partial charge in [-0.2, -0.15) is 0 Å². The van der Waals surface area contributed by atoms with Crippen molar-refractivity contribution >= 4 is 5.91 Å². The van der Waals surface area contributed by atoms with Crippen LogP contribution in [0, 0.1) is 5.92 Å².